The van der Waals surface area contributed by atoms with Gasteiger partial charge in [0.2, 0.25) is 5.82 Å². The SMILES string of the molecule is O=[N+]([O-])c1c(N(CCO)C2CCC2)nc2sccn12. The van der Waals surface area contributed by atoms with Crippen LogP contribution in [0.5, 0.6) is 0 Å². The fourth-order valence-electron chi connectivity index (χ4n) is 2.39. The molecule has 8 heteroatoms. The van der Waals surface area contributed by atoms with Crippen LogP contribution in [0.4, 0.5) is 11.6 Å². The summed E-state index contributed by atoms with van der Waals surface area (Å²) in [7, 11) is 0. The molecule has 1 N–H and O–H groups in total. The Bertz CT molecular complexity index is 604. The van der Waals surface area contributed by atoms with Gasteiger partial charge in [0.15, 0.2) is 0 Å². The van der Waals surface area contributed by atoms with Crippen molar-refractivity contribution in [2.75, 3.05) is 18.1 Å². The second-order valence-electron chi connectivity index (χ2n) is 4.57. The predicted molar refractivity (Wildman–Crippen MR) is 71.8 cm³/mol. The highest BCUT2D eigenvalue weighted by Gasteiger charge is 2.33. The monoisotopic (exact) mass is 282 g/mol. The number of thiazole rings is 1. The average molecular weight is 282 g/mol. The minimum atomic E-state index is -0.398. The Morgan fingerprint density at radius 2 is 2.42 bits per heavy atom. The van der Waals surface area contributed by atoms with Crippen molar-refractivity contribution in [3.05, 3.63) is 21.7 Å². The molecular weight excluding hydrogens is 268 g/mol. The Labute approximate surface area is 113 Å². The number of aromatic nitrogens is 2. The lowest BCUT2D eigenvalue weighted by Gasteiger charge is -2.36. The summed E-state index contributed by atoms with van der Waals surface area (Å²) in [5.41, 5.74) is 0. The molecule has 0 radical (unpaired) electrons. The van der Waals surface area contributed by atoms with E-state index < -0.39 is 4.92 Å². The van der Waals surface area contributed by atoms with Crippen LogP contribution in [0.15, 0.2) is 11.6 Å². The topological polar surface area (TPSA) is 83.9 Å². The summed E-state index contributed by atoms with van der Waals surface area (Å²) >= 11 is 1.37. The van der Waals surface area contributed by atoms with Crippen molar-refractivity contribution in [1.29, 1.82) is 0 Å². The van der Waals surface area contributed by atoms with Gasteiger partial charge in [-0.05, 0) is 24.2 Å². The zero-order valence-corrected chi connectivity index (χ0v) is 11.0. The number of hydrogen-bond donors (Lipinski definition) is 1. The minimum absolute atomic E-state index is 0.00315. The summed E-state index contributed by atoms with van der Waals surface area (Å²) in [6.07, 6.45) is 4.79. The first-order valence-corrected chi connectivity index (χ1v) is 7.07. The summed E-state index contributed by atoms with van der Waals surface area (Å²) in [6.45, 7) is 0.356. The van der Waals surface area contributed by atoms with E-state index in [9.17, 15) is 15.2 Å². The van der Waals surface area contributed by atoms with Gasteiger partial charge >= 0.3 is 5.82 Å². The van der Waals surface area contributed by atoms with E-state index in [2.05, 4.69) is 4.98 Å². The molecule has 0 atom stereocenters. The van der Waals surface area contributed by atoms with Crippen molar-refractivity contribution in [2.24, 2.45) is 0 Å². The molecule has 3 rings (SSSR count). The van der Waals surface area contributed by atoms with Crippen LogP contribution in [0.2, 0.25) is 0 Å². The quantitative estimate of drug-likeness (QED) is 0.666. The molecule has 7 nitrogen and oxygen atoms in total. The second-order valence-corrected chi connectivity index (χ2v) is 5.45. The Kier molecular flexibility index (Phi) is 3.11. The Morgan fingerprint density at radius 3 is 3.00 bits per heavy atom. The van der Waals surface area contributed by atoms with E-state index in [1.165, 1.54) is 15.7 Å². The molecule has 0 amide bonds. The van der Waals surface area contributed by atoms with Gasteiger partial charge in [-0.25, -0.2) is 0 Å². The number of fused-ring (bicyclic) bond motifs is 1. The molecule has 1 saturated carbocycles. The van der Waals surface area contributed by atoms with Gasteiger partial charge in [-0.3, -0.25) is 0 Å². The molecule has 0 spiro atoms. The smallest absolute Gasteiger partial charge is 0.373 e. The number of hydrogen-bond acceptors (Lipinski definition) is 6. The molecule has 0 aliphatic heterocycles. The molecule has 0 aromatic carbocycles. The second kappa shape index (κ2) is 4.78. The van der Waals surface area contributed by atoms with Crippen LogP contribution in [0.3, 0.4) is 0 Å². The molecule has 0 bridgehead atoms. The first kappa shape index (κ1) is 12.4. The lowest BCUT2D eigenvalue weighted by atomic mass is 9.91. The van der Waals surface area contributed by atoms with E-state index >= 15 is 0 Å². The van der Waals surface area contributed by atoms with Crippen molar-refractivity contribution < 1.29 is 10.0 Å². The molecule has 102 valence electrons. The molecule has 0 unspecified atom stereocenters. The third kappa shape index (κ3) is 1.96. The van der Waals surface area contributed by atoms with Crippen LogP contribution in [-0.4, -0.2) is 38.6 Å². The normalized spacial score (nSPS) is 15.6. The standard InChI is InChI=1S/C11H14N4O3S/c16-6-4-13(8-2-1-3-8)9-10(15(17)18)14-5-7-19-11(14)12-9/h5,7-8,16H,1-4,6H2. The van der Waals surface area contributed by atoms with E-state index in [1.54, 1.807) is 11.6 Å². The number of rotatable bonds is 5. The summed E-state index contributed by atoms with van der Waals surface area (Å²) in [5.74, 6) is 0.382. The number of nitrogens with zero attached hydrogens (tertiary/aromatic N) is 4. The van der Waals surface area contributed by atoms with Crippen LogP contribution >= 0.6 is 11.3 Å². The molecule has 19 heavy (non-hydrogen) atoms. The van der Waals surface area contributed by atoms with Gasteiger partial charge in [0.25, 0.3) is 4.96 Å². The lowest BCUT2D eigenvalue weighted by molar-refractivity contribution is -0.389. The molecular formula is C11H14N4O3S. The maximum atomic E-state index is 11.3. The Balaban J connectivity index is 2.07. The highest BCUT2D eigenvalue weighted by atomic mass is 32.1. The average Bonchev–Trinajstić information content (AvgIpc) is 2.83. The van der Waals surface area contributed by atoms with Gasteiger partial charge in [0, 0.05) is 18.0 Å². The Hall–Kier alpha value is -1.67. The van der Waals surface area contributed by atoms with Crippen molar-refractivity contribution >= 4 is 27.9 Å². The summed E-state index contributed by atoms with van der Waals surface area (Å²) in [4.78, 5) is 17.8. The van der Waals surface area contributed by atoms with Gasteiger partial charge in [-0.2, -0.15) is 9.38 Å². The summed E-state index contributed by atoms with van der Waals surface area (Å²) in [5, 5.41) is 22.2. The van der Waals surface area contributed by atoms with E-state index in [4.69, 9.17) is 0 Å². The summed E-state index contributed by atoms with van der Waals surface area (Å²) in [6, 6.07) is 0.260. The number of aliphatic hydroxyl groups is 1. The maximum absolute atomic E-state index is 11.3. The predicted octanol–water partition coefficient (Wildman–Crippen LogP) is 1.66. The van der Waals surface area contributed by atoms with Gasteiger partial charge in [0.1, 0.15) is 6.20 Å². The molecule has 1 aliphatic rings. The van der Waals surface area contributed by atoms with Crippen LogP contribution < -0.4 is 4.90 Å². The maximum Gasteiger partial charge on any atom is 0.373 e. The first-order valence-electron chi connectivity index (χ1n) is 6.20. The lowest BCUT2D eigenvalue weighted by Crippen LogP contribution is -2.42. The van der Waals surface area contributed by atoms with Gasteiger partial charge in [-0.15, -0.1) is 0 Å². The number of nitro groups is 1. The van der Waals surface area contributed by atoms with Gasteiger partial charge in [-0.1, -0.05) is 11.3 Å². The third-order valence-electron chi connectivity index (χ3n) is 3.52. The zero-order valence-electron chi connectivity index (χ0n) is 10.2. The molecule has 2 aromatic heterocycles. The fourth-order valence-corrected chi connectivity index (χ4v) is 3.10. The van der Waals surface area contributed by atoms with Crippen molar-refractivity contribution in [1.82, 2.24) is 9.38 Å². The fraction of sp³-hybridized carbons (Fsp3) is 0.545. The van der Waals surface area contributed by atoms with Gasteiger partial charge in [0.05, 0.1) is 6.61 Å². The van der Waals surface area contributed by atoms with E-state index in [0.717, 1.165) is 19.3 Å². The largest absolute Gasteiger partial charge is 0.395 e. The van der Waals surface area contributed by atoms with E-state index in [-0.39, 0.29) is 18.5 Å². The van der Waals surface area contributed by atoms with Crippen molar-refractivity contribution in [3.8, 4) is 0 Å². The van der Waals surface area contributed by atoms with E-state index in [0.29, 0.717) is 17.3 Å². The van der Waals surface area contributed by atoms with Crippen LogP contribution in [-0.2, 0) is 0 Å². The third-order valence-corrected chi connectivity index (χ3v) is 4.28. The van der Waals surface area contributed by atoms with E-state index in [1.807, 2.05) is 4.90 Å². The minimum Gasteiger partial charge on any atom is -0.395 e. The molecule has 0 saturated heterocycles. The van der Waals surface area contributed by atoms with Crippen molar-refractivity contribution in [2.45, 2.75) is 25.3 Å². The van der Waals surface area contributed by atoms with Crippen LogP contribution in [0.25, 0.3) is 4.96 Å². The number of aliphatic hydroxyl groups excluding tert-OH is 1. The molecule has 1 aliphatic carbocycles. The zero-order chi connectivity index (χ0) is 13.4. The number of imidazole rings is 1. The summed E-state index contributed by atoms with van der Waals surface area (Å²) < 4.78 is 1.50. The first-order chi connectivity index (χ1) is 9.22. The molecule has 2 aromatic rings. The molecule has 1 fully saturated rings. The van der Waals surface area contributed by atoms with Crippen LogP contribution in [0.1, 0.15) is 19.3 Å². The van der Waals surface area contributed by atoms with Gasteiger partial charge < -0.3 is 20.1 Å². The van der Waals surface area contributed by atoms with Crippen molar-refractivity contribution in [3.63, 3.8) is 0 Å². The van der Waals surface area contributed by atoms with Crippen LogP contribution in [0, 0.1) is 10.1 Å². The molecule has 2 heterocycles. The number of anilines is 1. The highest BCUT2D eigenvalue weighted by molar-refractivity contribution is 7.15. The highest BCUT2D eigenvalue weighted by Crippen LogP contribution is 2.36. The Morgan fingerprint density at radius 1 is 1.63 bits per heavy atom.